The smallest absolute Gasteiger partial charge is 0.342 e. The molecule has 2 N–H and O–H groups in total. The van der Waals surface area contributed by atoms with Gasteiger partial charge in [-0.15, -0.1) is 0 Å². The van der Waals surface area contributed by atoms with Crippen molar-refractivity contribution in [1.29, 1.82) is 0 Å². The van der Waals surface area contributed by atoms with Gasteiger partial charge >= 0.3 is 29.8 Å². The number of carbonyl (C=O) groups is 10. The number of amides is 1. The summed E-state index contributed by atoms with van der Waals surface area (Å²) in [6, 6.07) is -1.20. The molecule has 4 aliphatic carbocycles. The lowest BCUT2D eigenvalue weighted by molar-refractivity contribution is -0.265. The number of aliphatic hydroxyl groups excluding tert-OH is 1. The van der Waals surface area contributed by atoms with Crippen LogP contribution in [-0.4, -0.2) is 175 Å². The zero-order chi connectivity index (χ0) is 75.7. The van der Waals surface area contributed by atoms with Gasteiger partial charge in [-0.1, -0.05) is 90.8 Å². The fourth-order valence-electron chi connectivity index (χ4n) is 17.9. The number of furan rings is 1. The van der Waals surface area contributed by atoms with Gasteiger partial charge in [-0.3, -0.25) is 38.4 Å². The second-order valence-corrected chi connectivity index (χ2v) is 31.6. The molecule has 2 bridgehead atoms. The van der Waals surface area contributed by atoms with E-state index in [1.54, 1.807) is 40.9 Å². The average Bonchev–Trinajstić information content (AvgIpc) is 1.37. The molecule has 1 aromatic heterocycles. The van der Waals surface area contributed by atoms with Gasteiger partial charge in [0.05, 0.1) is 30.3 Å². The maximum atomic E-state index is 14.8. The Morgan fingerprint density at radius 2 is 1.46 bits per heavy atom. The highest BCUT2D eigenvalue weighted by molar-refractivity contribution is 6.39. The van der Waals surface area contributed by atoms with Crippen LogP contribution in [0, 0.1) is 46.8 Å². The Morgan fingerprint density at radius 1 is 0.760 bits per heavy atom. The van der Waals surface area contributed by atoms with E-state index in [2.05, 4.69) is 0 Å². The Bertz CT molecular complexity index is 3490. The van der Waals surface area contributed by atoms with Gasteiger partial charge in [0.15, 0.2) is 23.8 Å². The van der Waals surface area contributed by atoms with Crippen molar-refractivity contribution in [3.63, 3.8) is 0 Å². The fraction of sp³-hybridized carbons (Fsp3) is 0.704. The number of rotatable bonds is 17. The molecule has 2 saturated heterocycles. The molecule has 0 spiro atoms. The number of ether oxygens (including phenoxy) is 9. The van der Waals surface area contributed by atoms with Gasteiger partial charge in [-0.25, -0.2) is 9.59 Å². The van der Waals surface area contributed by atoms with Crippen molar-refractivity contribution in [2.45, 2.75) is 283 Å². The summed E-state index contributed by atoms with van der Waals surface area (Å²) in [5, 5.41) is 22.5. The number of ketones is 4. The number of unbranched alkanes of at least 4 members (excludes halogenated alkanes) is 3. The Morgan fingerprint density at radius 3 is 2.13 bits per heavy atom. The van der Waals surface area contributed by atoms with Gasteiger partial charge in [-0.05, 0) is 164 Å². The number of Topliss-reactive ketones (excluding diaryl/α,β-unsaturated/α-hetero) is 4. The van der Waals surface area contributed by atoms with Crippen LogP contribution in [0.5, 0.6) is 0 Å². The van der Waals surface area contributed by atoms with Crippen LogP contribution in [0.4, 0.5) is 0 Å². The maximum Gasteiger partial charge on any atom is 0.342 e. The average molecular weight is 1450 g/mol. The van der Waals surface area contributed by atoms with Crippen molar-refractivity contribution < 1.29 is 105 Å². The topological polar surface area (TPSA) is 311 Å². The van der Waals surface area contributed by atoms with E-state index in [4.69, 9.17) is 47.0 Å². The summed E-state index contributed by atoms with van der Waals surface area (Å²) >= 11 is 0. The van der Waals surface area contributed by atoms with E-state index < -0.39 is 149 Å². The standard InChI is InChI=1S/C81H113NO22/c1-45-23-17-16-18-24-46(2)60(96-12)40-55-33-28-51(7)81(94,104-55)75(90)76(91)82-36-22-21-25-58(82)78(93)100-61(48(4)39-53-29-31-54(84)32-30-53)41-59(85)47(3)38-50(6)72(74(97-13)70(88)49(5)37-45)103-66(87)27-20-15-14-19-26-65(86)101-63-35-34-57-67-69(62(99-52(8)83)42-79(57,63)9)80(10)64(44-95-11)102-77(92)56-43-98-73(68(56)80)71(67)89/h16-18,23-24,38,43,45,47-49,51,53-55,57-58,60-64,72,74,84,94H,14-15,19-22,25-37,39-42,44H2,1-13H3/t45-,47-,48-,49-,51-,53?,54?,55+,57+,58+,60+,61+,62-,63+,64-,72-,74+,79+,80+,81-/m1/s1. The molecule has 23 nitrogen and oxygen atoms in total. The molecule has 5 heterocycles. The summed E-state index contributed by atoms with van der Waals surface area (Å²) in [6.07, 6.45) is 13.7. The van der Waals surface area contributed by atoms with Crippen molar-refractivity contribution in [2.24, 2.45) is 46.8 Å². The normalized spacial score (nSPS) is 35.3. The molecule has 8 aliphatic rings. The third-order valence-electron chi connectivity index (χ3n) is 24.0. The van der Waals surface area contributed by atoms with E-state index in [0.717, 1.165) is 18.4 Å². The molecule has 2 saturated carbocycles. The largest absolute Gasteiger partial charge is 0.462 e. The first-order valence-electron chi connectivity index (χ1n) is 38.0. The van der Waals surface area contributed by atoms with E-state index in [1.807, 2.05) is 65.0 Å². The Kier molecular flexibility index (Phi) is 27.6. The second-order valence-electron chi connectivity index (χ2n) is 31.6. The maximum absolute atomic E-state index is 14.8. The molecule has 104 heavy (non-hydrogen) atoms. The number of aliphatic hydroxyl groups is 2. The first kappa shape index (κ1) is 81.3. The predicted octanol–water partition coefficient (Wildman–Crippen LogP) is 11.3. The lowest BCUT2D eigenvalue weighted by atomic mass is 9.54. The number of cyclic esters (lactones) is 2. The number of nitrogens with zero attached hydrogens (tertiary/aromatic N) is 1. The van der Waals surface area contributed by atoms with Crippen LogP contribution in [0.15, 0.2) is 69.4 Å². The van der Waals surface area contributed by atoms with Gasteiger partial charge in [0.1, 0.15) is 48.1 Å². The van der Waals surface area contributed by atoms with Crippen LogP contribution in [0.25, 0.3) is 0 Å². The van der Waals surface area contributed by atoms with E-state index in [-0.39, 0.29) is 92.3 Å². The zero-order valence-electron chi connectivity index (χ0n) is 63.3. The Balaban J connectivity index is 0.892. The van der Waals surface area contributed by atoms with Crippen LogP contribution in [0.1, 0.15) is 237 Å². The lowest BCUT2D eigenvalue weighted by Gasteiger charge is -2.52. The fourth-order valence-corrected chi connectivity index (χ4v) is 17.9. The summed E-state index contributed by atoms with van der Waals surface area (Å²) < 4.78 is 60.4. The van der Waals surface area contributed by atoms with Gasteiger partial charge in [0, 0.05) is 94.8 Å². The van der Waals surface area contributed by atoms with Crippen LogP contribution < -0.4 is 0 Å². The van der Waals surface area contributed by atoms with Gasteiger partial charge in [0.25, 0.3) is 11.7 Å². The van der Waals surface area contributed by atoms with Crippen LogP contribution >= 0.6 is 0 Å². The molecular weight excluding hydrogens is 1340 g/mol. The lowest BCUT2D eigenvalue weighted by Crippen LogP contribution is -2.61. The molecule has 574 valence electrons. The van der Waals surface area contributed by atoms with Crippen molar-refractivity contribution in [3.05, 3.63) is 81.9 Å². The van der Waals surface area contributed by atoms with Crippen molar-refractivity contribution in [1.82, 2.24) is 4.90 Å². The van der Waals surface area contributed by atoms with Crippen LogP contribution in [0.2, 0.25) is 0 Å². The predicted molar refractivity (Wildman–Crippen MR) is 380 cm³/mol. The Labute approximate surface area is 612 Å². The third-order valence-corrected chi connectivity index (χ3v) is 24.0. The molecule has 4 fully saturated rings. The molecule has 1 amide bonds. The summed E-state index contributed by atoms with van der Waals surface area (Å²) in [5.41, 5.74) is 0.720. The van der Waals surface area contributed by atoms with Crippen molar-refractivity contribution >= 4 is 58.9 Å². The highest BCUT2D eigenvalue weighted by Crippen LogP contribution is 2.63. The van der Waals surface area contributed by atoms with Crippen molar-refractivity contribution in [2.75, 3.05) is 34.5 Å². The van der Waals surface area contributed by atoms with E-state index >= 15 is 0 Å². The highest BCUT2D eigenvalue weighted by Gasteiger charge is 2.65. The highest BCUT2D eigenvalue weighted by atomic mass is 16.6. The summed E-state index contributed by atoms with van der Waals surface area (Å²) in [6.45, 7) is 17.8. The zero-order valence-corrected chi connectivity index (χ0v) is 63.3. The molecule has 4 aliphatic heterocycles. The van der Waals surface area contributed by atoms with Crippen molar-refractivity contribution in [3.8, 4) is 0 Å². The monoisotopic (exact) mass is 1450 g/mol. The summed E-state index contributed by atoms with van der Waals surface area (Å²) in [7, 11) is 4.42. The van der Waals surface area contributed by atoms with Gasteiger partial charge < -0.3 is 62.2 Å². The molecular formula is C81H113NO22. The summed E-state index contributed by atoms with van der Waals surface area (Å²) in [4.78, 5) is 143. The van der Waals surface area contributed by atoms with E-state index in [1.165, 1.54) is 32.3 Å². The third kappa shape index (κ3) is 17.9. The molecule has 23 heteroatoms. The molecule has 0 aromatic carbocycles. The summed E-state index contributed by atoms with van der Waals surface area (Å²) in [5.74, 6) is -11.7. The first-order chi connectivity index (χ1) is 49.4. The number of esters is 5. The number of hydrogen-bond donors (Lipinski definition) is 2. The van der Waals surface area contributed by atoms with E-state index in [0.29, 0.717) is 112 Å². The second kappa shape index (κ2) is 35.3. The minimum Gasteiger partial charge on any atom is -0.462 e. The molecule has 18 atom stereocenters. The quantitative estimate of drug-likeness (QED) is 0.0481. The number of allylic oxidation sites excluding steroid dienone is 7. The van der Waals surface area contributed by atoms with Crippen LogP contribution in [-0.2, 0) is 86.4 Å². The van der Waals surface area contributed by atoms with E-state index in [9.17, 15) is 58.2 Å². The SMILES string of the molecule is COC[C@H]1OC(=O)c2coc3c2[C@@]1(C)C1=C(C3=O)[C@@H]2CC[C@H](OC(=O)CCCCCCC(=O)O[C@@H]3C(C)=C[C@@H](C)C(=O)C[C@@H]([C@H](C)CC4CCC(O)CC4)OC(=O)[C@@H]4CCCCN4C(=O)C(=O)[C@]4(O)O[C@@H](CC[C@H]4C)C[C@H](OC)C(C)=CC=CC=C[C@@H](C)C[C@@H](C)C(=O)[C@@H]3OC)[C@@]2(C)C[C@H]1OC(C)=O. The number of methoxy groups -OCH3 is 3. The Hall–Kier alpha value is -6.76. The first-order valence-corrected chi connectivity index (χ1v) is 38.0. The molecule has 0 radical (unpaired) electrons. The minimum absolute atomic E-state index is 0.00337. The van der Waals surface area contributed by atoms with Gasteiger partial charge in [0.2, 0.25) is 11.6 Å². The molecule has 0 unspecified atom stereocenters. The van der Waals surface area contributed by atoms with Crippen LogP contribution in [0.3, 0.4) is 0 Å². The number of piperidine rings is 1. The molecule has 1 aromatic rings. The minimum atomic E-state index is -2.48. The number of hydrogen-bond acceptors (Lipinski definition) is 22. The number of carbonyl (C=O) groups excluding carboxylic acids is 10. The van der Waals surface area contributed by atoms with Gasteiger partial charge in [-0.2, -0.15) is 0 Å². The molecule has 9 rings (SSSR count). The number of fused-ring (bicyclic) bond motifs is 6.